The zero-order valence-corrected chi connectivity index (χ0v) is 10.7. The van der Waals surface area contributed by atoms with Crippen LogP contribution in [-0.2, 0) is 0 Å². The molecule has 18 heavy (non-hydrogen) atoms. The molecule has 0 spiro atoms. The Morgan fingerprint density at radius 3 is 2.44 bits per heavy atom. The van der Waals surface area contributed by atoms with Crippen LogP contribution in [0.2, 0.25) is 0 Å². The molecule has 0 radical (unpaired) electrons. The minimum atomic E-state index is 0.535. The molecule has 0 atom stereocenters. The summed E-state index contributed by atoms with van der Waals surface area (Å²) in [6.45, 7) is 4.42. The highest BCUT2D eigenvalue weighted by molar-refractivity contribution is 5.94. The second-order valence-electron chi connectivity index (χ2n) is 4.93. The van der Waals surface area contributed by atoms with Crippen LogP contribution in [0, 0.1) is 0 Å². The molecule has 1 nitrogen and oxygen atoms in total. The molecule has 0 saturated heterocycles. The summed E-state index contributed by atoms with van der Waals surface area (Å²) in [5.41, 5.74) is 4.68. The van der Waals surface area contributed by atoms with Crippen molar-refractivity contribution in [3.8, 4) is 11.1 Å². The first kappa shape index (κ1) is 11.1. The van der Waals surface area contributed by atoms with Crippen LogP contribution in [0.4, 0.5) is 0 Å². The first-order valence-electron chi connectivity index (χ1n) is 6.32. The lowest BCUT2D eigenvalue weighted by Gasteiger charge is -2.05. The van der Waals surface area contributed by atoms with E-state index in [0.717, 1.165) is 5.58 Å². The Morgan fingerprint density at radius 1 is 0.944 bits per heavy atom. The molecule has 0 bridgehead atoms. The van der Waals surface area contributed by atoms with Crippen LogP contribution in [0.3, 0.4) is 0 Å². The average molecular weight is 236 g/mol. The molecule has 0 aliphatic heterocycles. The topological polar surface area (TPSA) is 13.1 Å². The molecule has 90 valence electrons. The van der Waals surface area contributed by atoms with Crippen molar-refractivity contribution in [3.63, 3.8) is 0 Å². The van der Waals surface area contributed by atoms with Gasteiger partial charge in [-0.25, -0.2) is 0 Å². The predicted molar refractivity (Wildman–Crippen MR) is 75.7 cm³/mol. The lowest BCUT2D eigenvalue weighted by molar-refractivity contribution is 0.616. The van der Waals surface area contributed by atoms with Crippen LogP contribution in [0.25, 0.3) is 22.1 Å². The van der Waals surface area contributed by atoms with Crippen LogP contribution in [0.5, 0.6) is 0 Å². The molecule has 1 heterocycles. The quantitative estimate of drug-likeness (QED) is 0.594. The van der Waals surface area contributed by atoms with E-state index < -0.39 is 0 Å². The van der Waals surface area contributed by atoms with Crippen molar-refractivity contribution in [1.82, 2.24) is 0 Å². The smallest absolute Gasteiger partial charge is 0.134 e. The van der Waals surface area contributed by atoms with Gasteiger partial charge in [0.2, 0.25) is 0 Å². The number of hydrogen-bond donors (Lipinski definition) is 0. The highest BCUT2D eigenvalue weighted by Gasteiger charge is 2.09. The Labute approximate surface area is 107 Å². The van der Waals surface area contributed by atoms with Gasteiger partial charge in [0.25, 0.3) is 0 Å². The first-order chi connectivity index (χ1) is 8.75. The van der Waals surface area contributed by atoms with Gasteiger partial charge in [-0.1, -0.05) is 50.2 Å². The minimum absolute atomic E-state index is 0.535. The summed E-state index contributed by atoms with van der Waals surface area (Å²) in [5.74, 6) is 0.535. The number of benzene rings is 2. The van der Waals surface area contributed by atoms with E-state index in [1.54, 1.807) is 0 Å². The molecule has 0 aliphatic carbocycles. The second kappa shape index (κ2) is 4.34. The second-order valence-corrected chi connectivity index (χ2v) is 4.93. The Balaban J connectivity index is 2.21. The van der Waals surface area contributed by atoms with Crippen molar-refractivity contribution in [2.24, 2.45) is 0 Å². The SMILES string of the molecule is CC(C)c1ccc2occ(-c3ccccc3)c2c1. The van der Waals surface area contributed by atoms with E-state index in [2.05, 4.69) is 56.3 Å². The van der Waals surface area contributed by atoms with Crippen LogP contribution < -0.4 is 0 Å². The maximum absolute atomic E-state index is 5.64. The van der Waals surface area contributed by atoms with Gasteiger partial charge in [-0.15, -0.1) is 0 Å². The van der Waals surface area contributed by atoms with Gasteiger partial charge >= 0.3 is 0 Å². The van der Waals surface area contributed by atoms with Crippen LogP contribution >= 0.6 is 0 Å². The summed E-state index contributed by atoms with van der Waals surface area (Å²) >= 11 is 0. The third-order valence-electron chi connectivity index (χ3n) is 3.35. The van der Waals surface area contributed by atoms with Gasteiger partial charge in [-0.3, -0.25) is 0 Å². The van der Waals surface area contributed by atoms with Crippen molar-refractivity contribution in [1.29, 1.82) is 0 Å². The Hall–Kier alpha value is -2.02. The van der Waals surface area contributed by atoms with E-state index in [4.69, 9.17) is 4.42 Å². The molecule has 2 aromatic carbocycles. The van der Waals surface area contributed by atoms with Crippen LogP contribution in [0.1, 0.15) is 25.3 Å². The van der Waals surface area contributed by atoms with Crippen molar-refractivity contribution >= 4 is 11.0 Å². The summed E-state index contributed by atoms with van der Waals surface area (Å²) in [6, 6.07) is 16.8. The molecule has 1 aromatic heterocycles. The first-order valence-corrected chi connectivity index (χ1v) is 6.32. The molecular formula is C17H16O. The summed E-state index contributed by atoms with van der Waals surface area (Å²) in [6.07, 6.45) is 1.85. The van der Waals surface area contributed by atoms with Gasteiger partial charge in [0.05, 0.1) is 6.26 Å². The fourth-order valence-electron chi connectivity index (χ4n) is 2.25. The maximum Gasteiger partial charge on any atom is 0.134 e. The summed E-state index contributed by atoms with van der Waals surface area (Å²) < 4.78 is 5.64. The number of rotatable bonds is 2. The van der Waals surface area contributed by atoms with E-state index in [-0.39, 0.29) is 0 Å². The Morgan fingerprint density at radius 2 is 1.72 bits per heavy atom. The molecule has 1 heteroatoms. The molecule has 3 aromatic rings. The lowest BCUT2D eigenvalue weighted by Crippen LogP contribution is -1.86. The van der Waals surface area contributed by atoms with Crippen molar-refractivity contribution < 1.29 is 4.42 Å². The normalized spacial score (nSPS) is 11.3. The van der Waals surface area contributed by atoms with Crippen molar-refractivity contribution in [3.05, 3.63) is 60.4 Å². The van der Waals surface area contributed by atoms with E-state index in [1.165, 1.54) is 22.1 Å². The maximum atomic E-state index is 5.64. The van der Waals surface area contributed by atoms with E-state index >= 15 is 0 Å². The summed E-state index contributed by atoms with van der Waals surface area (Å²) in [7, 11) is 0. The van der Waals surface area contributed by atoms with E-state index in [1.807, 2.05) is 12.3 Å². The fraction of sp³-hybridized carbons (Fsp3) is 0.176. The molecule has 0 amide bonds. The molecule has 0 aliphatic rings. The summed E-state index contributed by atoms with van der Waals surface area (Å²) in [4.78, 5) is 0. The van der Waals surface area contributed by atoms with Crippen LogP contribution in [-0.4, -0.2) is 0 Å². The molecule has 3 rings (SSSR count). The molecule has 0 unspecified atom stereocenters. The minimum Gasteiger partial charge on any atom is -0.464 e. The number of fused-ring (bicyclic) bond motifs is 1. The number of furan rings is 1. The monoisotopic (exact) mass is 236 g/mol. The standard InChI is InChI=1S/C17H16O/c1-12(2)14-8-9-17-15(10-14)16(11-18-17)13-6-4-3-5-7-13/h3-12H,1-2H3. The van der Waals surface area contributed by atoms with Crippen molar-refractivity contribution in [2.75, 3.05) is 0 Å². The lowest BCUT2D eigenvalue weighted by atomic mass is 9.98. The average Bonchev–Trinajstić information content (AvgIpc) is 2.82. The molecule has 0 fully saturated rings. The third kappa shape index (κ3) is 1.82. The zero-order valence-electron chi connectivity index (χ0n) is 10.7. The number of hydrogen-bond acceptors (Lipinski definition) is 1. The highest BCUT2D eigenvalue weighted by Crippen LogP contribution is 2.32. The summed E-state index contributed by atoms with van der Waals surface area (Å²) in [5, 5.41) is 1.20. The van der Waals surface area contributed by atoms with Crippen molar-refractivity contribution in [2.45, 2.75) is 19.8 Å². The van der Waals surface area contributed by atoms with E-state index in [0.29, 0.717) is 5.92 Å². The van der Waals surface area contributed by atoms with Gasteiger partial charge in [0, 0.05) is 10.9 Å². The van der Waals surface area contributed by atoms with Gasteiger partial charge in [-0.05, 0) is 29.2 Å². The molecular weight excluding hydrogens is 220 g/mol. The van der Waals surface area contributed by atoms with Gasteiger partial charge in [0.1, 0.15) is 5.58 Å². The fourth-order valence-corrected chi connectivity index (χ4v) is 2.25. The molecule has 0 saturated carbocycles. The molecule has 0 N–H and O–H groups in total. The van der Waals surface area contributed by atoms with Crippen LogP contribution in [0.15, 0.2) is 59.2 Å². The van der Waals surface area contributed by atoms with Gasteiger partial charge in [-0.2, -0.15) is 0 Å². The van der Waals surface area contributed by atoms with Gasteiger partial charge in [0.15, 0.2) is 0 Å². The van der Waals surface area contributed by atoms with E-state index in [9.17, 15) is 0 Å². The third-order valence-corrected chi connectivity index (χ3v) is 3.35. The largest absolute Gasteiger partial charge is 0.464 e. The Kier molecular flexibility index (Phi) is 2.67. The Bertz CT molecular complexity index is 662. The predicted octanol–water partition coefficient (Wildman–Crippen LogP) is 5.22. The zero-order chi connectivity index (χ0) is 12.5. The highest BCUT2D eigenvalue weighted by atomic mass is 16.3. The van der Waals surface area contributed by atoms with Gasteiger partial charge < -0.3 is 4.42 Å².